The molecule has 142 valence electrons. The van der Waals surface area contributed by atoms with E-state index in [0.29, 0.717) is 6.04 Å². The van der Waals surface area contributed by atoms with Gasteiger partial charge in [0.1, 0.15) is 0 Å². The molecule has 2 aliphatic rings. The van der Waals surface area contributed by atoms with Gasteiger partial charge in [-0.05, 0) is 57.6 Å². The van der Waals surface area contributed by atoms with E-state index in [0.717, 1.165) is 30.6 Å². The van der Waals surface area contributed by atoms with Crippen molar-refractivity contribution in [3.05, 3.63) is 15.6 Å². The Balaban J connectivity index is 0.00000225. The smallest absolute Gasteiger partial charge is 0.191 e. The second-order valence-electron chi connectivity index (χ2n) is 6.80. The van der Waals surface area contributed by atoms with Gasteiger partial charge in [-0.3, -0.25) is 4.99 Å². The van der Waals surface area contributed by atoms with Crippen molar-refractivity contribution in [3.63, 3.8) is 0 Å². The van der Waals surface area contributed by atoms with Gasteiger partial charge in [0.15, 0.2) is 5.96 Å². The van der Waals surface area contributed by atoms with Crippen LogP contribution in [0, 0.1) is 0 Å². The van der Waals surface area contributed by atoms with Crippen LogP contribution in [0.2, 0.25) is 0 Å². The molecule has 2 N–H and O–H groups in total. The molecule has 1 fully saturated rings. The molecule has 0 aromatic carbocycles. The van der Waals surface area contributed by atoms with Crippen LogP contribution in [0.1, 0.15) is 54.1 Å². The van der Waals surface area contributed by atoms with Crippen LogP contribution < -0.4 is 10.6 Å². The summed E-state index contributed by atoms with van der Waals surface area (Å²) in [6.45, 7) is 0.961. The molecular formula is C18H31IN4S2. The maximum atomic E-state index is 4.83. The summed E-state index contributed by atoms with van der Waals surface area (Å²) in [5.74, 6) is 0.959. The van der Waals surface area contributed by atoms with Crippen molar-refractivity contribution in [1.29, 1.82) is 0 Å². The lowest BCUT2D eigenvalue weighted by Gasteiger charge is -2.17. The molecule has 4 nitrogen and oxygen atoms in total. The topological polar surface area (TPSA) is 49.3 Å². The second kappa shape index (κ2) is 11.0. The van der Waals surface area contributed by atoms with Crippen LogP contribution in [0.15, 0.2) is 4.99 Å². The molecule has 3 rings (SSSR count). The Morgan fingerprint density at radius 2 is 2.16 bits per heavy atom. The number of halogens is 1. The van der Waals surface area contributed by atoms with Crippen molar-refractivity contribution in [2.24, 2.45) is 4.99 Å². The third-order valence-corrected chi connectivity index (χ3v) is 7.34. The first-order valence-electron chi connectivity index (χ1n) is 9.26. The average molecular weight is 495 g/mol. The lowest BCUT2D eigenvalue weighted by atomic mass is 10.0. The van der Waals surface area contributed by atoms with Crippen molar-refractivity contribution >= 4 is 53.0 Å². The normalized spacial score (nSPS) is 23.0. The number of thioether (sulfide) groups is 1. The predicted octanol–water partition coefficient (Wildman–Crippen LogP) is 4.02. The van der Waals surface area contributed by atoms with Crippen LogP contribution in [0.3, 0.4) is 0 Å². The second-order valence-corrected chi connectivity index (χ2v) is 9.11. The van der Waals surface area contributed by atoms with Gasteiger partial charge in [-0.15, -0.1) is 35.3 Å². The minimum atomic E-state index is 0. The Labute approximate surface area is 177 Å². The van der Waals surface area contributed by atoms with Gasteiger partial charge in [-0.1, -0.05) is 0 Å². The van der Waals surface area contributed by atoms with Crippen LogP contribution in [0.25, 0.3) is 0 Å². The van der Waals surface area contributed by atoms with Gasteiger partial charge in [-0.2, -0.15) is 11.8 Å². The van der Waals surface area contributed by atoms with Crippen molar-refractivity contribution in [2.45, 2.75) is 69.1 Å². The maximum absolute atomic E-state index is 4.83. The van der Waals surface area contributed by atoms with Crippen molar-refractivity contribution in [3.8, 4) is 0 Å². The molecule has 2 atom stereocenters. The predicted molar refractivity (Wildman–Crippen MR) is 122 cm³/mol. The van der Waals surface area contributed by atoms with E-state index in [1.807, 2.05) is 30.1 Å². The molecular weight excluding hydrogens is 463 g/mol. The zero-order valence-electron chi connectivity index (χ0n) is 15.3. The molecule has 0 spiro atoms. The minimum Gasteiger partial charge on any atom is -0.356 e. The number of thiazole rings is 1. The third-order valence-electron chi connectivity index (χ3n) is 5.03. The molecule has 7 heteroatoms. The number of guanidine groups is 1. The van der Waals surface area contributed by atoms with Crippen molar-refractivity contribution in [1.82, 2.24) is 15.6 Å². The molecule has 0 saturated heterocycles. The van der Waals surface area contributed by atoms with Crippen LogP contribution in [0.4, 0.5) is 0 Å². The highest BCUT2D eigenvalue weighted by atomic mass is 127. The Hall–Kier alpha value is -0.0200. The first-order chi connectivity index (χ1) is 11.8. The number of hydrogen-bond donors (Lipinski definition) is 2. The summed E-state index contributed by atoms with van der Waals surface area (Å²) in [4.78, 5) is 10.8. The SMILES string of the molecule is CN=C(NCCCc1nc2c(s1)CCCC2)NC1CCC(SC)C1.I. The molecule has 2 unspecified atom stereocenters. The number of nitrogens with zero attached hydrogens (tertiary/aromatic N) is 2. The number of aliphatic imine (C=N–C) groups is 1. The van der Waals surface area contributed by atoms with Gasteiger partial charge in [-0.25, -0.2) is 4.98 Å². The summed E-state index contributed by atoms with van der Waals surface area (Å²) < 4.78 is 0. The molecule has 1 aromatic rings. The van der Waals surface area contributed by atoms with Crippen molar-refractivity contribution < 1.29 is 0 Å². The van der Waals surface area contributed by atoms with E-state index < -0.39 is 0 Å². The van der Waals surface area contributed by atoms with Crippen LogP contribution in [-0.2, 0) is 19.3 Å². The monoisotopic (exact) mass is 494 g/mol. The molecule has 1 aromatic heterocycles. The van der Waals surface area contributed by atoms with E-state index in [1.54, 1.807) is 4.88 Å². The Kier molecular flexibility index (Phi) is 9.34. The van der Waals surface area contributed by atoms with E-state index in [9.17, 15) is 0 Å². The number of fused-ring (bicyclic) bond motifs is 1. The van der Waals surface area contributed by atoms with Crippen LogP contribution >= 0.6 is 47.1 Å². The van der Waals surface area contributed by atoms with Gasteiger partial charge in [0.05, 0.1) is 10.7 Å². The third kappa shape index (κ3) is 6.27. The Morgan fingerprint density at radius 1 is 1.32 bits per heavy atom. The molecule has 1 heterocycles. The summed E-state index contributed by atoms with van der Waals surface area (Å²) >= 11 is 3.94. The number of aryl methyl sites for hydroxylation is 3. The lowest BCUT2D eigenvalue weighted by molar-refractivity contribution is 0.611. The maximum Gasteiger partial charge on any atom is 0.191 e. The van der Waals surface area contributed by atoms with Crippen LogP contribution in [-0.4, -0.2) is 42.1 Å². The molecule has 0 bridgehead atoms. The number of aromatic nitrogens is 1. The summed E-state index contributed by atoms with van der Waals surface area (Å²) in [6.07, 6.45) is 13.4. The Morgan fingerprint density at radius 3 is 2.88 bits per heavy atom. The van der Waals surface area contributed by atoms with Gasteiger partial charge >= 0.3 is 0 Å². The van der Waals surface area contributed by atoms with E-state index in [1.165, 1.54) is 55.6 Å². The van der Waals surface area contributed by atoms with E-state index in [-0.39, 0.29) is 24.0 Å². The molecule has 2 aliphatic carbocycles. The standard InChI is InChI=1S/C18H30N4S2.HI/c1-19-18(21-13-9-10-14(12-13)23-2)20-11-5-8-17-22-15-6-3-4-7-16(15)24-17;/h13-14H,3-12H2,1-2H3,(H2,19,20,21);1H. The molecule has 1 saturated carbocycles. The van der Waals surface area contributed by atoms with E-state index >= 15 is 0 Å². The fourth-order valence-electron chi connectivity index (χ4n) is 3.63. The minimum absolute atomic E-state index is 0. The molecule has 0 radical (unpaired) electrons. The highest BCUT2D eigenvalue weighted by Crippen LogP contribution is 2.28. The first-order valence-corrected chi connectivity index (χ1v) is 11.4. The quantitative estimate of drug-likeness (QED) is 0.272. The summed E-state index contributed by atoms with van der Waals surface area (Å²) in [5, 5.41) is 9.19. The lowest BCUT2D eigenvalue weighted by Crippen LogP contribution is -2.42. The summed E-state index contributed by atoms with van der Waals surface area (Å²) in [5.41, 5.74) is 1.39. The number of nitrogens with one attached hydrogen (secondary N) is 2. The van der Waals surface area contributed by atoms with Gasteiger partial charge in [0, 0.05) is 36.2 Å². The Bertz CT molecular complexity index is 538. The summed E-state index contributed by atoms with van der Waals surface area (Å²) in [6, 6.07) is 0.583. The largest absolute Gasteiger partial charge is 0.356 e. The number of hydrogen-bond acceptors (Lipinski definition) is 4. The first kappa shape index (κ1) is 21.3. The fraction of sp³-hybridized carbons (Fsp3) is 0.778. The molecule has 25 heavy (non-hydrogen) atoms. The van der Waals surface area contributed by atoms with Gasteiger partial charge in [0.2, 0.25) is 0 Å². The molecule has 0 aliphatic heterocycles. The fourth-order valence-corrected chi connectivity index (χ4v) is 5.63. The number of rotatable bonds is 6. The van der Waals surface area contributed by atoms with Gasteiger partial charge in [0.25, 0.3) is 0 Å². The zero-order valence-corrected chi connectivity index (χ0v) is 19.3. The van der Waals surface area contributed by atoms with Crippen molar-refractivity contribution in [2.75, 3.05) is 19.8 Å². The average Bonchev–Trinajstić information content (AvgIpc) is 3.23. The van der Waals surface area contributed by atoms with E-state index in [4.69, 9.17) is 4.98 Å². The molecule has 0 amide bonds. The highest BCUT2D eigenvalue weighted by Gasteiger charge is 2.24. The highest BCUT2D eigenvalue weighted by molar-refractivity contribution is 14.0. The van der Waals surface area contributed by atoms with Gasteiger partial charge < -0.3 is 10.6 Å². The van der Waals surface area contributed by atoms with Crippen LogP contribution in [0.5, 0.6) is 0 Å². The van der Waals surface area contributed by atoms with E-state index in [2.05, 4.69) is 21.9 Å². The summed E-state index contributed by atoms with van der Waals surface area (Å²) in [7, 11) is 1.87. The zero-order chi connectivity index (χ0) is 16.8.